The Bertz CT molecular complexity index is 1210. The number of aromatic nitrogens is 3. The van der Waals surface area contributed by atoms with Crippen LogP contribution in [-0.4, -0.2) is 48.0 Å². The van der Waals surface area contributed by atoms with Gasteiger partial charge in [-0.05, 0) is 37.5 Å². The Balaban J connectivity index is 1.90. The second kappa shape index (κ2) is 12.0. The van der Waals surface area contributed by atoms with Crippen molar-refractivity contribution in [3.63, 3.8) is 0 Å². The molecule has 0 saturated heterocycles. The van der Waals surface area contributed by atoms with E-state index in [1.165, 1.54) is 44.7 Å². The van der Waals surface area contributed by atoms with Gasteiger partial charge in [-0.2, -0.15) is 4.98 Å². The zero-order chi connectivity index (χ0) is 26.2. The van der Waals surface area contributed by atoms with Crippen LogP contribution in [0.3, 0.4) is 0 Å². The number of hydrogen-bond acceptors (Lipinski definition) is 10. The maximum atomic E-state index is 13.8. The number of pyridine rings is 1. The van der Waals surface area contributed by atoms with E-state index >= 15 is 0 Å². The Kier molecular flexibility index (Phi) is 8.76. The van der Waals surface area contributed by atoms with Crippen LogP contribution in [0.15, 0.2) is 35.0 Å². The smallest absolute Gasteiger partial charge is 0.494 e. The molecule has 0 aliphatic rings. The molecule has 0 spiro atoms. The number of rotatable bonds is 10. The maximum absolute atomic E-state index is 13.8. The van der Waals surface area contributed by atoms with Crippen molar-refractivity contribution in [1.82, 2.24) is 20.4 Å². The lowest BCUT2D eigenvalue weighted by molar-refractivity contribution is 0.0907. The molecule has 0 bridgehead atoms. The summed E-state index contributed by atoms with van der Waals surface area (Å²) in [5, 5.41) is 6.83. The van der Waals surface area contributed by atoms with Crippen LogP contribution in [0.2, 0.25) is 0 Å². The molecule has 0 radical (unpaired) electrons. The van der Waals surface area contributed by atoms with E-state index in [1.54, 1.807) is 6.92 Å². The van der Waals surface area contributed by atoms with E-state index in [0.717, 1.165) is 0 Å². The van der Waals surface area contributed by atoms with E-state index in [4.69, 9.17) is 23.5 Å². The second-order valence-corrected chi connectivity index (χ2v) is 7.94. The van der Waals surface area contributed by atoms with Gasteiger partial charge in [0.1, 0.15) is 0 Å². The second-order valence-electron chi connectivity index (χ2n) is 7.94. The summed E-state index contributed by atoms with van der Waals surface area (Å²) in [5.41, 5.74) is 0.254. The van der Waals surface area contributed by atoms with Gasteiger partial charge in [0.15, 0.2) is 28.8 Å². The van der Waals surface area contributed by atoms with E-state index in [1.807, 2.05) is 13.8 Å². The van der Waals surface area contributed by atoms with Crippen LogP contribution in [0, 0.1) is 11.7 Å². The normalized spacial score (nSPS) is 11.6. The zero-order valence-electron chi connectivity index (χ0n) is 20.5. The third-order valence-corrected chi connectivity index (χ3v) is 4.91. The van der Waals surface area contributed by atoms with Gasteiger partial charge in [-0.15, -0.1) is 0 Å². The molecule has 36 heavy (non-hydrogen) atoms. The standard InChI is InChI=1S/C24H27FN4O7/c1-6-34-24(31)35-20-17(32-4)9-10-26-19(20)22(30)27-16(11-13(2)3)21-28-23(36-29-21)14-7-8-15(25)18(12-14)33-5/h7-10,12-13,16H,6,11H2,1-5H3,(H,27,30)/t16-/m0/s1. The molecule has 2 heterocycles. The molecular formula is C24H27FN4O7. The van der Waals surface area contributed by atoms with Crippen molar-refractivity contribution < 1.29 is 37.5 Å². The highest BCUT2D eigenvalue weighted by molar-refractivity contribution is 5.96. The van der Waals surface area contributed by atoms with Crippen LogP contribution in [0.4, 0.5) is 9.18 Å². The van der Waals surface area contributed by atoms with Gasteiger partial charge in [0, 0.05) is 17.8 Å². The van der Waals surface area contributed by atoms with Crippen LogP contribution >= 0.6 is 0 Å². The van der Waals surface area contributed by atoms with E-state index in [9.17, 15) is 14.0 Å². The minimum atomic E-state index is -1.01. The van der Waals surface area contributed by atoms with Crippen LogP contribution in [0.5, 0.6) is 17.2 Å². The number of ether oxygens (including phenoxy) is 4. The van der Waals surface area contributed by atoms with E-state index in [2.05, 4.69) is 20.4 Å². The number of halogens is 1. The Morgan fingerprint density at radius 3 is 2.56 bits per heavy atom. The molecule has 1 aromatic carbocycles. The first-order chi connectivity index (χ1) is 17.3. The summed E-state index contributed by atoms with van der Waals surface area (Å²) in [7, 11) is 2.71. The van der Waals surface area contributed by atoms with Crippen molar-refractivity contribution in [2.45, 2.75) is 33.2 Å². The first-order valence-electron chi connectivity index (χ1n) is 11.1. The quantitative estimate of drug-likeness (QED) is 0.399. The number of benzene rings is 1. The van der Waals surface area contributed by atoms with Gasteiger partial charge in [0.05, 0.1) is 26.9 Å². The van der Waals surface area contributed by atoms with Crippen molar-refractivity contribution in [2.75, 3.05) is 20.8 Å². The Hall–Kier alpha value is -4.22. The number of methoxy groups -OCH3 is 2. The maximum Gasteiger partial charge on any atom is 0.514 e. The Morgan fingerprint density at radius 1 is 1.14 bits per heavy atom. The molecule has 12 heteroatoms. The molecule has 0 aliphatic heterocycles. The third-order valence-electron chi connectivity index (χ3n) is 4.91. The minimum absolute atomic E-state index is 0.0255. The Labute approximate surface area is 206 Å². The van der Waals surface area contributed by atoms with Gasteiger partial charge in [-0.1, -0.05) is 19.0 Å². The molecule has 3 aromatic rings. The number of nitrogens with zero attached hydrogens (tertiary/aromatic N) is 3. The first-order valence-corrected chi connectivity index (χ1v) is 11.1. The van der Waals surface area contributed by atoms with Crippen molar-refractivity contribution >= 4 is 12.1 Å². The molecule has 1 amide bonds. The molecule has 192 valence electrons. The van der Waals surface area contributed by atoms with Gasteiger partial charge in [0.25, 0.3) is 11.8 Å². The SMILES string of the molecule is CCOC(=O)Oc1c(OC)ccnc1C(=O)N[C@@H](CC(C)C)c1noc(-c2ccc(F)c(OC)c2)n1. The Morgan fingerprint density at radius 2 is 1.89 bits per heavy atom. The van der Waals surface area contributed by atoms with Crippen molar-refractivity contribution in [1.29, 1.82) is 0 Å². The fraction of sp³-hybridized carbons (Fsp3) is 0.375. The van der Waals surface area contributed by atoms with Gasteiger partial charge >= 0.3 is 6.16 Å². The molecule has 1 N–H and O–H groups in total. The number of amides is 1. The fourth-order valence-electron chi connectivity index (χ4n) is 3.30. The van der Waals surface area contributed by atoms with Crippen LogP contribution in [0.1, 0.15) is 49.5 Å². The summed E-state index contributed by atoms with van der Waals surface area (Å²) < 4.78 is 39.4. The number of carbonyl (C=O) groups is 2. The third kappa shape index (κ3) is 6.26. The highest BCUT2D eigenvalue weighted by Gasteiger charge is 2.27. The molecule has 2 aromatic heterocycles. The van der Waals surface area contributed by atoms with E-state index < -0.39 is 23.9 Å². The fourth-order valence-corrected chi connectivity index (χ4v) is 3.30. The number of carbonyl (C=O) groups excluding carboxylic acids is 2. The molecule has 11 nitrogen and oxygen atoms in total. The molecule has 0 fully saturated rings. The summed E-state index contributed by atoms with van der Waals surface area (Å²) in [6, 6.07) is 4.90. The molecule has 0 saturated carbocycles. The van der Waals surface area contributed by atoms with Gasteiger partial charge < -0.3 is 28.8 Å². The van der Waals surface area contributed by atoms with Crippen molar-refractivity contribution in [3.05, 3.63) is 47.8 Å². The summed E-state index contributed by atoms with van der Waals surface area (Å²) in [4.78, 5) is 33.6. The lowest BCUT2D eigenvalue weighted by Gasteiger charge is -2.18. The number of nitrogens with one attached hydrogen (secondary N) is 1. The molecule has 0 aliphatic carbocycles. The van der Waals surface area contributed by atoms with Crippen LogP contribution < -0.4 is 19.5 Å². The molecule has 0 unspecified atom stereocenters. The van der Waals surface area contributed by atoms with Crippen molar-refractivity contribution in [2.24, 2.45) is 5.92 Å². The molecule has 1 atom stereocenters. The zero-order valence-corrected chi connectivity index (χ0v) is 20.5. The van der Waals surface area contributed by atoms with Crippen molar-refractivity contribution in [3.8, 4) is 28.7 Å². The summed E-state index contributed by atoms with van der Waals surface area (Å²) in [6.45, 7) is 5.63. The van der Waals surface area contributed by atoms with E-state index in [-0.39, 0.29) is 47.2 Å². The highest BCUT2D eigenvalue weighted by atomic mass is 19.1. The minimum Gasteiger partial charge on any atom is -0.494 e. The van der Waals surface area contributed by atoms with Gasteiger partial charge in [-0.3, -0.25) is 4.79 Å². The van der Waals surface area contributed by atoms with Gasteiger partial charge in [0.2, 0.25) is 5.75 Å². The van der Waals surface area contributed by atoms with E-state index in [0.29, 0.717) is 12.0 Å². The average Bonchev–Trinajstić information content (AvgIpc) is 3.34. The topological polar surface area (TPSA) is 135 Å². The van der Waals surface area contributed by atoms with Crippen LogP contribution in [-0.2, 0) is 4.74 Å². The molecular weight excluding hydrogens is 475 g/mol. The summed E-state index contributed by atoms with van der Waals surface area (Å²) in [5.74, 6) is -0.772. The summed E-state index contributed by atoms with van der Waals surface area (Å²) >= 11 is 0. The lowest BCUT2D eigenvalue weighted by atomic mass is 10.0. The largest absolute Gasteiger partial charge is 0.514 e. The van der Waals surface area contributed by atoms with Crippen LogP contribution in [0.25, 0.3) is 11.5 Å². The lowest BCUT2D eigenvalue weighted by Crippen LogP contribution is -2.31. The summed E-state index contributed by atoms with van der Waals surface area (Å²) in [6.07, 6.45) is 0.793. The highest BCUT2D eigenvalue weighted by Crippen LogP contribution is 2.31. The van der Waals surface area contributed by atoms with Gasteiger partial charge in [-0.25, -0.2) is 14.2 Å². The average molecular weight is 502 g/mol. The first kappa shape index (κ1) is 26.4. The predicted molar refractivity (Wildman–Crippen MR) is 124 cm³/mol. The predicted octanol–water partition coefficient (Wildman–Crippen LogP) is 4.34. The molecule has 3 rings (SSSR count). The number of hydrogen-bond donors (Lipinski definition) is 1. The monoisotopic (exact) mass is 502 g/mol.